The SMILES string of the molecule is COc1cc2c([nH]c3c(OC)cc(C)cc32)c2c1OCO2. The first-order valence-electron chi connectivity index (χ1n) is 6.69. The average Bonchev–Trinajstić information content (AvgIpc) is 3.09. The van der Waals surface area contributed by atoms with Crippen LogP contribution in [0.15, 0.2) is 18.2 Å². The third kappa shape index (κ3) is 1.57. The standard InChI is InChI=1S/C16H15NO4/c1-8-4-9-10-6-12(19-3)15-16(21-7-20-15)14(10)17-13(9)11(5-8)18-2/h4-6,17H,7H2,1-3H3. The van der Waals surface area contributed by atoms with Crippen LogP contribution >= 0.6 is 0 Å². The van der Waals surface area contributed by atoms with Crippen LogP contribution in [0.5, 0.6) is 23.0 Å². The van der Waals surface area contributed by atoms with Gasteiger partial charge in [0.25, 0.3) is 0 Å². The Morgan fingerprint density at radius 1 is 0.905 bits per heavy atom. The van der Waals surface area contributed by atoms with Crippen LogP contribution in [0.2, 0.25) is 0 Å². The Bertz CT molecular complexity index is 866. The smallest absolute Gasteiger partial charge is 0.231 e. The van der Waals surface area contributed by atoms with E-state index in [4.69, 9.17) is 18.9 Å². The summed E-state index contributed by atoms with van der Waals surface area (Å²) in [7, 11) is 3.30. The van der Waals surface area contributed by atoms with E-state index in [0.717, 1.165) is 33.1 Å². The summed E-state index contributed by atoms with van der Waals surface area (Å²) >= 11 is 0. The second kappa shape index (κ2) is 4.22. The molecule has 1 N–H and O–H groups in total. The fourth-order valence-electron chi connectivity index (χ4n) is 2.91. The van der Waals surface area contributed by atoms with Gasteiger partial charge in [-0.2, -0.15) is 0 Å². The third-order valence-electron chi connectivity index (χ3n) is 3.83. The molecule has 1 aliphatic heterocycles. The number of hydrogen-bond acceptors (Lipinski definition) is 4. The van der Waals surface area contributed by atoms with Crippen LogP contribution in [-0.4, -0.2) is 26.0 Å². The van der Waals surface area contributed by atoms with Crippen molar-refractivity contribution in [3.8, 4) is 23.0 Å². The molecule has 0 bridgehead atoms. The summed E-state index contributed by atoms with van der Waals surface area (Å²) in [6, 6.07) is 6.10. The normalized spacial score (nSPS) is 13.1. The first-order valence-corrected chi connectivity index (χ1v) is 6.69. The molecule has 108 valence electrons. The minimum absolute atomic E-state index is 0.205. The minimum Gasteiger partial charge on any atom is -0.495 e. The van der Waals surface area contributed by atoms with Crippen molar-refractivity contribution in [3.05, 3.63) is 23.8 Å². The van der Waals surface area contributed by atoms with Gasteiger partial charge in [-0.15, -0.1) is 0 Å². The summed E-state index contributed by atoms with van der Waals surface area (Å²) in [5.74, 6) is 2.83. The number of aromatic nitrogens is 1. The molecule has 0 atom stereocenters. The zero-order valence-corrected chi connectivity index (χ0v) is 12.1. The molecule has 0 saturated heterocycles. The van der Waals surface area contributed by atoms with Crippen molar-refractivity contribution >= 4 is 21.8 Å². The highest BCUT2D eigenvalue weighted by Crippen LogP contribution is 2.48. The lowest BCUT2D eigenvalue weighted by molar-refractivity contribution is 0.172. The molecule has 0 unspecified atom stereocenters. The maximum absolute atomic E-state index is 5.61. The highest BCUT2D eigenvalue weighted by atomic mass is 16.7. The highest BCUT2D eigenvalue weighted by molar-refractivity contribution is 6.12. The number of nitrogens with one attached hydrogen (secondary N) is 1. The molecule has 2 heterocycles. The molecular weight excluding hydrogens is 270 g/mol. The summed E-state index contributed by atoms with van der Waals surface area (Å²) in [4.78, 5) is 3.39. The van der Waals surface area contributed by atoms with Gasteiger partial charge in [-0.1, -0.05) is 0 Å². The number of aromatic amines is 1. The lowest BCUT2D eigenvalue weighted by Gasteiger charge is -2.05. The van der Waals surface area contributed by atoms with Gasteiger partial charge in [0.2, 0.25) is 12.5 Å². The van der Waals surface area contributed by atoms with Crippen molar-refractivity contribution in [1.82, 2.24) is 4.98 Å². The Labute approximate surface area is 121 Å². The van der Waals surface area contributed by atoms with Gasteiger partial charge in [-0.05, 0) is 30.7 Å². The van der Waals surface area contributed by atoms with E-state index in [9.17, 15) is 0 Å². The van der Waals surface area contributed by atoms with Crippen LogP contribution in [-0.2, 0) is 0 Å². The van der Waals surface area contributed by atoms with Crippen molar-refractivity contribution < 1.29 is 18.9 Å². The van der Waals surface area contributed by atoms with E-state index >= 15 is 0 Å². The van der Waals surface area contributed by atoms with E-state index < -0.39 is 0 Å². The van der Waals surface area contributed by atoms with Crippen LogP contribution in [0.3, 0.4) is 0 Å². The molecule has 0 spiro atoms. The quantitative estimate of drug-likeness (QED) is 0.784. The number of fused-ring (bicyclic) bond motifs is 5. The summed E-state index contributed by atoms with van der Waals surface area (Å²) in [5, 5.41) is 2.12. The average molecular weight is 285 g/mol. The number of rotatable bonds is 2. The summed E-state index contributed by atoms with van der Waals surface area (Å²) in [6.45, 7) is 2.25. The molecule has 0 amide bonds. The van der Waals surface area contributed by atoms with Crippen molar-refractivity contribution in [2.75, 3.05) is 21.0 Å². The Morgan fingerprint density at radius 2 is 1.62 bits per heavy atom. The van der Waals surface area contributed by atoms with E-state index in [2.05, 4.69) is 11.1 Å². The Hall–Kier alpha value is -2.56. The molecule has 0 saturated carbocycles. The van der Waals surface area contributed by atoms with Gasteiger partial charge in [-0.3, -0.25) is 0 Å². The molecule has 1 aromatic heterocycles. The Kier molecular flexibility index (Phi) is 2.45. The monoisotopic (exact) mass is 285 g/mol. The fraction of sp³-hybridized carbons (Fsp3) is 0.250. The van der Waals surface area contributed by atoms with Crippen molar-refractivity contribution in [2.45, 2.75) is 6.92 Å². The van der Waals surface area contributed by atoms with Crippen LogP contribution < -0.4 is 18.9 Å². The number of aryl methyl sites for hydroxylation is 1. The first-order chi connectivity index (χ1) is 10.2. The second-order valence-electron chi connectivity index (χ2n) is 5.08. The Balaban J connectivity index is 2.18. The minimum atomic E-state index is 0.205. The molecular formula is C16H15NO4. The van der Waals surface area contributed by atoms with Gasteiger partial charge in [-0.25, -0.2) is 0 Å². The van der Waals surface area contributed by atoms with E-state index in [0.29, 0.717) is 17.2 Å². The highest BCUT2D eigenvalue weighted by Gasteiger charge is 2.25. The van der Waals surface area contributed by atoms with Gasteiger partial charge in [0.1, 0.15) is 5.75 Å². The molecule has 0 radical (unpaired) electrons. The summed E-state index contributed by atoms with van der Waals surface area (Å²) in [5.41, 5.74) is 2.99. The van der Waals surface area contributed by atoms with Gasteiger partial charge in [0.15, 0.2) is 11.5 Å². The van der Waals surface area contributed by atoms with E-state index in [-0.39, 0.29) is 6.79 Å². The molecule has 4 rings (SSSR count). The number of methoxy groups -OCH3 is 2. The summed E-state index contributed by atoms with van der Waals surface area (Å²) in [6.07, 6.45) is 0. The van der Waals surface area contributed by atoms with Crippen molar-refractivity contribution in [2.24, 2.45) is 0 Å². The van der Waals surface area contributed by atoms with Gasteiger partial charge >= 0.3 is 0 Å². The van der Waals surface area contributed by atoms with Gasteiger partial charge < -0.3 is 23.9 Å². The number of benzene rings is 2. The third-order valence-corrected chi connectivity index (χ3v) is 3.83. The zero-order chi connectivity index (χ0) is 14.6. The molecule has 1 aliphatic rings. The Morgan fingerprint density at radius 3 is 2.38 bits per heavy atom. The number of H-pyrrole nitrogens is 1. The predicted molar refractivity (Wildman–Crippen MR) is 79.8 cm³/mol. The number of ether oxygens (including phenoxy) is 4. The second-order valence-corrected chi connectivity index (χ2v) is 5.08. The largest absolute Gasteiger partial charge is 0.495 e. The zero-order valence-electron chi connectivity index (χ0n) is 12.1. The van der Waals surface area contributed by atoms with E-state index in [1.165, 1.54) is 0 Å². The van der Waals surface area contributed by atoms with Gasteiger partial charge in [0.05, 0.1) is 25.3 Å². The van der Waals surface area contributed by atoms with Crippen LogP contribution in [0.4, 0.5) is 0 Å². The molecule has 5 heteroatoms. The van der Waals surface area contributed by atoms with Crippen LogP contribution in [0, 0.1) is 6.92 Å². The van der Waals surface area contributed by atoms with Crippen LogP contribution in [0.1, 0.15) is 5.56 Å². The molecule has 0 fully saturated rings. The number of hydrogen-bond donors (Lipinski definition) is 1. The predicted octanol–water partition coefficient (Wildman–Crippen LogP) is 3.38. The van der Waals surface area contributed by atoms with E-state index in [1.54, 1.807) is 14.2 Å². The first kappa shape index (κ1) is 12.2. The lowest BCUT2D eigenvalue weighted by Crippen LogP contribution is -1.94. The summed E-state index contributed by atoms with van der Waals surface area (Å²) < 4.78 is 22.0. The maximum atomic E-state index is 5.61. The molecule has 21 heavy (non-hydrogen) atoms. The van der Waals surface area contributed by atoms with Gasteiger partial charge in [0, 0.05) is 10.8 Å². The van der Waals surface area contributed by atoms with E-state index in [1.807, 2.05) is 19.1 Å². The van der Waals surface area contributed by atoms with Crippen molar-refractivity contribution in [1.29, 1.82) is 0 Å². The van der Waals surface area contributed by atoms with Crippen molar-refractivity contribution in [3.63, 3.8) is 0 Å². The fourth-order valence-corrected chi connectivity index (χ4v) is 2.91. The van der Waals surface area contributed by atoms with Crippen LogP contribution in [0.25, 0.3) is 21.8 Å². The maximum Gasteiger partial charge on any atom is 0.231 e. The topological polar surface area (TPSA) is 52.7 Å². The molecule has 2 aromatic carbocycles. The molecule has 3 aromatic rings. The molecule has 0 aliphatic carbocycles. The molecule has 5 nitrogen and oxygen atoms in total. The lowest BCUT2D eigenvalue weighted by atomic mass is 10.1.